The first kappa shape index (κ1) is 18.1. The van der Waals surface area contributed by atoms with E-state index in [1.807, 2.05) is 5.32 Å². The number of carbonyl (C=O) groups excluding carboxylic acids is 1. The zero-order valence-corrected chi connectivity index (χ0v) is 11.9. The highest BCUT2D eigenvalue weighted by molar-refractivity contribution is 6.02. The van der Waals surface area contributed by atoms with Gasteiger partial charge in [-0.05, 0) is 11.5 Å². The Labute approximate surface area is 131 Å². The second-order valence-corrected chi connectivity index (χ2v) is 5.11. The minimum Gasteiger partial charge on any atom is -0.373 e. The third-order valence-corrected chi connectivity index (χ3v) is 3.42. The third-order valence-electron chi connectivity index (χ3n) is 3.42. The average molecular weight is 351 g/mol. The number of benzene rings is 2. The van der Waals surface area contributed by atoms with E-state index in [2.05, 4.69) is 0 Å². The van der Waals surface area contributed by atoms with Crippen LogP contribution in [0.5, 0.6) is 0 Å². The first-order chi connectivity index (χ1) is 11.0. The van der Waals surface area contributed by atoms with Gasteiger partial charge < -0.3 is 10.4 Å². The molecule has 24 heavy (non-hydrogen) atoms. The largest absolute Gasteiger partial charge is 0.426 e. The quantitative estimate of drug-likeness (QED) is 0.821. The van der Waals surface area contributed by atoms with Crippen LogP contribution < -0.4 is 5.32 Å². The number of hydrogen-bond acceptors (Lipinski definition) is 2. The number of nitrogens with one attached hydrogen (secondary N) is 1. The maximum Gasteiger partial charge on any atom is 0.426 e. The van der Waals surface area contributed by atoms with Crippen LogP contribution in [-0.2, 0) is 4.79 Å². The molecule has 0 spiro atoms. The van der Waals surface area contributed by atoms with Gasteiger partial charge in [0.25, 0.3) is 5.60 Å². The van der Waals surface area contributed by atoms with Crippen LogP contribution in [0, 0.1) is 0 Å². The summed E-state index contributed by atoms with van der Waals surface area (Å²) in [7, 11) is 0. The number of carbonyl (C=O) groups is 1. The van der Waals surface area contributed by atoms with Gasteiger partial charge in [-0.2, -0.15) is 26.3 Å². The lowest BCUT2D eigenvalue weighted by atomic mass is 9.97. The molecule has 0 aliphatic rings. The summed E-state index contributed by atoms with van der Waals surface area (Å²) in [6.07, 6.45) is -14.3. The van der Waals surface area contributed by atoms with Gasteiger partial charge in [0, 0.05) is 11.1 Å². The van der Waals surface area contributed by atoms with Crippen LogP contribution in [0.1, 0.15) is 6.42 Å². The number of hydrogen-bond donors (Lipinski definition) is 2. The fraction of sp³-hybridized carbons (Fsp3) is 0.267. The van der Waals surface area contributed by atoms with Crippen molar-refractivity contribution in [3.63, 3.8) is 0 Å². The van der Waals surface area contributed by atoms with Crippen molar-refractivity contribution in [3.8, 4) is 0 Å². The number of rotatable bonds is 3. The van der Waals surface area contributed by atoms with Crippen LogP contribution in [0.15, 0.2) is 42.5 Å². The summed E-state index contributed by atoms with van der Waals surface area (Å²) < 4.78 is 75.6. The summed E-state index contributed by atoms with van der Waals surface area (Å²) in [5.74, 6) is -1.61. The molecule has 2 aromatic rings. The molecule has 2 aromatic carbocycles. The topological polar surface area (TPSA) is 49.3 Å². The molecule has 0 aliphatic heterocycles. The van der Waals surface area contributed by atoms with Gasteiger partial charge >= 0.3 is 12.4 Å². The van der Waals surface area contributed by atoms with E-state index in [-0.39, 0.29) is 5.69 Å². The maximum absolute atomic E-state index is 12.6. The van der Waals surface area contributed by atoms with Crippen molar-refractivity contribution in [1.82, 2.24) is 0 Å². The molecule has 0 atom stereocenters. The van der Waals surface area contributed by atoms with Crippen LogP contribution >= 0.6 is 0 Å². The molecule has 0 aliphatic carbocycles. The Morgan fingerprint density at radius 3 is 2.04 bits per heavy atom. The van der Waals surface area contributed by atoms with E-state index >= 15 is 0 Å². The first-order valence-electron chi connectivity index (χ1n) is 6.59. The summed E-state index contributed by atoms with van der Waals surface area (Å²) in [6.45, 7) is 0. The number of alkyl halides is 6. The van der Waals surface area contributed by atoms with E-state index < -0.39 is 30.3 Å². The molecule has 0 radical (unpaired) electrons. The highest BCUT2D eigenvalue weighted by Crippen LogP contribution is 2.45. The van der Waals surface area contributed by atoms with Gasteiger partial charge in [-0.3, -0.25) is 4.79 Å². The van der Waals surface area contributed by atoms with Crippen molar-refractivity contribution in [1.29, 1.82) is 0 Å². The second kappa shape index (κ2) is 5.97. The lowest BCUT2D eigenvalue weighted by molar-refractivity contribution is -0.366. The van der Waals surface area contributed by atoms with Gasteiger partial charge in [-0.1, -0.05) is 36.4 Å². The van der Waals surface area contributed by atoms with Crippen molar-refractivity contribution in [3.05, 3.63) is 42.5 Å². The first-order valence-corrected chi connectivity index (χ1v) is 6.59. The summed E-state index contributed by atoms with van der Waals surface area (Å²) in [4.78, 5) is 11.7. The number of aliphatic hydroxyl groups is 1. The third kappa shape index (κ3) is 3.30. The normalized spacial score (nSPS) is 13.1. The molecule has 2 N–H and O–H groups in total. The summed E-state index contributed by atoms with van der Waals surface area (Å²) >= 11 is 0. The van der Waals surface area contributed by atoms with Gasteiger partial charge in [0.2, 0.25) is 5.91 Å². The number of halogens is 6. The Kier molecular flexibility index (Phi) is 4.49. The molecular weight excluding hydrogens is 340 g/mol. The minimum absolute atomic E-state index is 0.0461. The number of amides is 1. The number of fused-ring (bicyclic) bond motifs is 1. The zero-order chi connectivity index (χ0) is 18.2. The van der Waals surface area contributed by atoms with E-state index in [0.717, 1.165) is 0 Å². The molecule has 0 aromatic heterocycles. The van der Waals surface area contributed by atoms with Gasteiger partial charge in [0.1, 0.15) is 0 Å². The Morgan fingerprint density at radius 2 is 1.46 bits per heavy atom. The predicted octanol–water partition coefficient (Wildman–Crippen LogP) is 4.02. The van der Waals surface area contributed by atoms with E-state index in [4.69, 9.17) is 5.11 Å². The van der Waals surface area contributed by atoms with Crippen LogP contribution in [0.25, 0.3) is 10.8 Å². The van der Waals surface area contributed by atoms with E-state index in [0.29, 0.717) is 10.8 Å². The lowest BCUT2D eigenvalue weighted by Gasteiger charge is -2.31. The summed E-state index contributed by atoms with van der Waals surface area (Å²) in [6, 6.07) is 11.0. The number of anilines is 1. The van der Waals surface area contributed by atoms with Gasteiger partial charge in [0.15, 0.2) is 0 Å². The minimum atomic E-state index is -6.04. The fourth-order valence-electron chi connectivity index (χ4n) is 2.12. The van der Waals surface area contributed by atoms with Crippen molar-refractivity contribution in [2.24, 2.45) is 0 Å². The Hall–Kier alpha value is -2.29. The molecule has 1 amide bonds. The Morgan fingerprint density at radius 1 is 0.917 bits per heavy atom. The van der Waals surface area contributed by atoms with Crippen molar-refractivity contribution >= 4 is 22.4 Å². The molecule has 0 saturated carbocycles. The van der Waals surface area contributed by atoms with E-state index in [1.54, 1.807) is 30.3 Å². The van der Waals surface area contributed by atoms with Crippen LogP contribution in [0.2, 0.25) is 0 Å². The molecule has 9 heteroatoms. The van der Waals surface area contributed by atoms with Crippen molar-refractivity contribution in [2.75, 3.05) is 5.32 Å². The zero-order valence-electron chi connectivity index (χ0n) is 11.9. The molecule has 0 saturated heterocycles. The van der Waals surface area contributed by atoms with Crippen LogP contribution in [0.3, 0.4) is 0 Å². The summed E-state index contributed by atoms with van der Waals surface area (Å²) in [5.41, 5.74) is -5.07. The van der Waals surface area contributed by atoms with E-state index in [1.165, 1.54) is 12.1 Å². The molecule has 130 valence electrons. The van der Waals surface area contributed by atoms with Crippen molar-refractivity contribution < 1.29 is 36.2 Å². The van der Waals surface area contributed by atoms with Crippen molar-refractivity contribution in [2.45, 2.75) is 24.4 Å². The highest BCUT2D eigenvalue weighted by atomic mass is 19.4. The Bertz CT molecular complexity index is 734. The smallest absolute Gasteiger partial charge is 0.373 e. The average Bonchev–Trinajstić information content (AvgIpc) is 2.45. The van der Waals surface area contributed by atoms with Gasteiger partial charge in [-0.25, -0.2) is 0 Å². The van der Waals surface area contributed by atoms with Crippen LogP contribution in [0.4, 0.5) is 32.0 Å². The fourth-order valence-corrected chi connectivity index (χ4v) is 2.12. The molecule has 3 nitrogen and oxygen atoms in total. The molecular formula is C15H11F6NO2. The molecule has 2 rings (SSSR count). The van der Waals surface area contributed by atoms with Gasteiger partial charge in [-0.15, -0.1) is 0 Å². The monoisotopic (exact) mass is 351 g/mol. The molecule has 0 unspecified atom stereocenters. The standard InChI is InChI=1S/C15H11F6NO2/c16-14(17,18)13(24,15(19,20)21)8-12(23)22-11-7-3-5-9-4-1-2-6-10(9)11/h1-7,24H,8H2,(H,22,23). The SMILES string of the molecule is O=C(CC(O)(C(F)(F)F)C(F)(F)F)Nc1cccc2ccccc12. The maximum atomic E-state index is 12.6. The molecule has 0 fully saturated rings. The molecule has 0 bridgehead atoms. The van der Waals surface area contributed by atoms with E-state index in [9.17, 15) is 31.1 Å². The lowest BCUT2D eigenvalue weighted by Crippen LogP contribution is -2.58. The predicted molar refractivity (Wildman–Crippen MR) is 74.3 cm³/mol. The molecule has 0 heterocycles. The Balaban J connectivity index is 2.29. The van der Waals surface area contributed by atoms with Gasteiger partial charge in [0.05, 0.1) is 6.42 Å². The highest BCUT2D eigenvalue weighted by Gasteiger charge is 2.71. The second-order valence-electron chi connectivity index (χ2n) is 5.11. The van der Waals surface area contributed by atoms with Crippen LogP contribution in [-0.4, -0.2) is 29.0 Å². The summed E-state index contributed by atoms with van der Waals surface area (Å²) in [5, 5.41) is 12.1.